The molecule has 3 aromatic heterocycles. The van der Waals surface area contributed by atoms with Crippen LogP contribution in [0, 0.1) is 13.8 Å². The Morgan fingerprint density at radius 3 is 2.09 bits per heavy atom. The molecule has 6 rings (SSSR count). The van der Waals surface area contributed by atoms with Gasteiger partial charge in [0.15, 0.2) is 0 Å². The molecule has 2 nitrogen and oxygen atoms in total. The predicted octanol–water partition coefficient (Wildman–Crippen LogP) is 9.00. The summed E-state index contributed by atoms with van der Waals surface area (Å²) in [6.07, 6.45) is 4.16. The van der Waals surface area contributed by atoms with Crippen LogP contribution in [0.4, 0.5) is 0 Å². The third-order valence-corrected chi connectivity index (χ3v) is 7.76. The molecule has 0 spiro atoms. The van der Waals surface area contributed by atoms with Crippen LogP contribution in [0.2, 0.25) is 0 Å². The predicted molar refractivity (Wildman–Crippen MR) is 149 cm³/mol. The van der Waals surface area contributed by atoms with E-state index in [1.165, 1.54) is 65.1 Å². The van der Waals surface area contributed by atoms with Gasteiger partial charge >= 0.3 is 0 Å². The van der Waals surface area contributed by atoms with Crippen molar-refractivity contribution in [3.05, 3.63) is 114 Å². The highest BCUT2D eigenvalue weighted by Crippen LogP contribution is 2.38. The molecule has 6 aromatic rings. The highest BCUT2D eigenvalue weighted by Gasteiger charge is 2.17. The molecule has 3 aromatic carbocycles. The number of para-hydroxylation sites is 2. The number of nitrogens with zero attached hydrogens (tertiary/aromatic N) is 2. The van der Waals surface area contributed by atoms with E-state index in [2.05, 4.69) is 121 Å². The largest absolute Gasteiger partial charge is 0.305 e. The zero-order chi connectivity index (χ0) is 23.4. The van der Waals surface area contributed by atoms with Gasteiger partial charge in [-0.25, -0.2) is 0 Å². The first-order valence-electron chi connectivity index (χ1n) is 11.6. The molecule has 0 saturated carbocycles. The standard InChI is InChI=1S/C31H26N2S/c1-5-20(2)18-25-22(4)32(27-12-8-6-10-23(25)27)30-16-17-31(34-30)33-28-13-9-7-11-24(28)26-19-21(3)14-15-29(26)33/h5-19H,1H2,2-4H3/b20-18-. The maximum Gasteiger partial charge on any atom is 0.102 e. The van der Waals surface area contributed by atoms with Gasteiger partial charge in [0.2, 0.25) is 0 Å². The van der Waals surface area contributed by atoms with Crippen molar-refractivity contribution in [3.8, 4) is 10.0 Å². The fraction of sp³-hybridized carbons (Fsp3) is 0.0968. The van der Waals surface area contributed by atoms with E-state index in [1.807, 2.05) is 17.4 Å². The van der Waals surface area contributed by atoms with Crippen molar-refractivity contribution in [3.63, 3.8) is 0 Å². The number of hydrogen-bond acceptors (Lipinski definition) is 1. The highest BCUT2D eigenvalue weighted by molar-refractivity contribution is 7.17. The Morgan fingerprint density at radius 1 is 0.735 bits per heavy atom. The first kappa shape index (κ1) is 20.8. The van der Waals surface area contributed by atoms with Gasteiger partial charge in [0.05, 0.1) is 16.6 Å². The van der Waals surface area contributed by atoms with Gasteiger partial charge < -0.3 is 9.13 Å². The van der Waals surface area contributed by atoms with Gasteiger partial charge in [0, 0.05) is 27.4 Å². The van der Waals surface area contributed by atoms with Crippen molar-refractivity contribution in [2.75, 3.05) is 0 Å². The van der Waals surface area contributed by atoms with E-state index in [0.717, 1.165) is 0 Å². The maximum atomic E-state index is 3.94. The smallest absolute Gasteiger partial charge is 0.102 e. The molecule has 0 bridgehead atoms. The van der Waals surface area contributed by atoms with Crippen LogP contribution in [-0.4, -0.2) is 9.13 Å². The summed E-state index contributed by atoms with van der Waals surface area (Å²) in [6, 6.07) is 28.6. The molecule has 166 valence electrons. The summed E-state index contributed by atoms with van der Waals surface area (Å²) >= 11 is 1.83. The minimum Gasteiger partial charge on any atom is -0.305 e. The van der Waals surface area contributed by atoms with Crippen molar-refractivity contribution in [2.24, 2.45) is 0 Å². The summed E-state index contributed by atoms with van der Waals surface area (Å²) in [5.41, 5.74) is 8.68. The van der Waals surface area contributed by atoms with Crippen LogP contribution >= 0.6 is 11.3 Å². The number of aromatic nitrogens is 2. The lowest BCUT2D eigenvalue weighted by molar-refractivity contribution is 1.08. The first-order valence-corrected chi connectivity index (χ1v) is 12.4. The minimum absolute atomic E-state index is 1.17. The molecule has 0 aliphatic heterocycles. The van der Waals surface area contributed by atoms with E-state index in [4.69, 9.17) is 0 Å². The maximum absolute atomic E-state index is 3.94. The summed E-state index contributed by atoms with van der Waals surface area (Å²) in [5, 5.41) is 6.31. The normalized spacial score (nSPS) is 12.3. The summed E-state index contributed by atoms with van der Waals surface area (Å²) in [6.45, 7) is 10.4. The summed E-state index contributed by atoms with van der Waals surface area (Å²) in [5.74, 6) is 0. The fourth-order valence-electron chi connectivity index (χ4n) is 5.03. The quantitative estimate of drug-likeness (QED) is 0.233. The second-order valence-corrected chi connectivity index (χ2v) is 9.97. The van der Waals surface area contributed by atoms with Crippen LogP contribution in [0.5, 0.6) is 0 Å². The van der Waals surface area contributed by atoms with Gasteiger partial charge in [0.1, 0.15) is 10.0 Å². The lowest BCUT2D eigenvalue weighted by Crippen LogP contribution is -1.94. The van der Waals surface area contributed by atoms with Crippen molar-refractivity contribution < 1.29 is 0 Å². The lowest BCUT2D eigenvalue weighted by atomic mass is 10.1. The molecule has 0 amide bonds. The number of benzene rings is 3. The third-order valence-electron chi connectivity index (χ3n) is 6.70. The highest BCUT2D eigenvalue weighted by atomic mass is 32.1. The molecule has 0 aliphatic rings. The van der Waals surface area contributed by atoms with Gasteiger partial charge in [-0.05, 0) is 63.2 Å². The molecule has 0 radical (unpaired) electrons. The van der Waals surface area contributed by atoms with Gasteiger partial charge in [0.25, 0.3) is 0 Å². The van der Waals surface area contributed by atoms with E-state index < -0.39 is 0 Å². The Kier molecular flexibility index (Phi) is 4.82. The fourth-order valence-corrected chi connectivity index (χ4v) is 6.13. The first-order chi connectivity index (χ1) is 16.6. The van der Waals surface area contributed by atoms with Crippen molar-refractivity contribution in [2.45, 2.75) is 20.8 Å². The van der Waals surface area contributed by atoms with Gasteiger partial charge in [-0.2, -0.15) is 0 Å². The van der Waals surface area contributed by atoms with Crippen LogP contribution in [0.3, 0.4) is 0 Å². The zero-order valence-corrected chi connectivity index (χ0v) is 20.5. The molecule has 0 aliphatic carbocycles. The third kappa shape index (κ3) is 3.08. The van der Waals surface area contributed by atoms with E-state index in [1.54, 1.807) is 0 Å². The van der Waals surface area contributed by atoms with Gasteiger partial charge in [-0.1, -0.05) is 77.6 Å². The van der Waals surface area contributed by atoms with Crippen LogP contribution in [0.25, 0.3) is 48.8 Å². The van der Waals surface area contributed by atoms with Gasteiger partial charge in [-0.15, -0.1) is 0 Å². The number of allylic oxidation sites excluding steroid dienone is 2. The van der Waals surface area contributed by atoms with E-state index >= 15 is 0 Å². The number of fused-ring (bicyclic) bond motifs is 4. The molecular weight excluding hydrogens is 432 g/mol. The molecule has 34 heavy (non-hydrogen) atoms. The van der Waals surface area contributed by atoms with E-state index in [0.29, 0.717) is 0 Å². The Labute approximate surface area is 203 Å². The van der Waals surface area contributed by atoms with Crippen molar-refractivity contribution in [1.29, 1.82) is 0 Å². The van der Waals surface area contributed by atoms with Crippen molar-refractivity contribution >= 4 is 50.1 Å². The Hall–Kier alpha value is -3.82. The molecule has 0 N–H and O–H groups in total. The minimum atomic E-state index is 1.17. The van der Waals surface area contributed by atoms with Crippen LogP contribution in [-0.2, 0) is 0 Å². The zero-order valence-electron chi connectivity index (χ0n) is 19.7. The van der Waals surface area contributed by atoms with E-state index in [9.17, 15) is 0 Å². The monoisotopic (exact) mass is 458 g/mol. The number of rotatable bonds is 4. The molecule has 0 atom stereocenters. The Morgan fingerprint density at radius 2 is 1.35 bits per heavy atom. The lowest BCUT2D eigenvalue weighted by Gasteiger charge is -2.07. The molecule has 3 heterocycles. The molecule has 3 heteroatoms. The molecular formula is C31H26N2S. The summed E-state index contributed by atoms with van der Waals surface area (Å²) < 4.78 is 4.80. The van der Waals surface area contributed by atoms with Crippen LogP contribution in [0.15, 0.2) is 97.1 Å². The van der Waals surface area contributed by atoms with E-state index in [-0.39, 0.29) is 0 Å². The number of hydrogen-bond donors (Lipinski definition) is 0. The summed E-state index contributed by atoms with van der Waals surface area (Å²) in [7, 11) is 0. The molecule has 0 unspecified atom stereocenters. The Balaban J connectivity index is 1.60. The average molecular weight is 459 g/mol. The number of thiophene rings is 1. The molecule has 0 fully saturated rings. The number of aryl methyl sites for hydroxylation is 1. The second kappa shape index (κ2) is 7.89. The second-order valence-electron chi connectivity index (χ2n) is 8.93. The van der Waals surface area contributed by atoms with Gasteiger partial charge in [-0.3, -0.25) is 0 Å². The Bertz CT molecular complexity index is 1750. The molecule has 0 saturated heterocycles. The van der Waals surface area contributed by atoms with Crippen molar-refractivity contribution in [1.82, 2.24) is 9.13 Å². The van der Waals surface area contributed by atoms with Crippen LogP contribution < -0.4 is 0 Å². The van der Waals surface area contributed by atoms with Crippen LogP contribution in [0.1, 0.15) is 23.7 Å². The summed E-state index contributed by atoms with van der Waals surface area (Å²) in [4.78, 5) is 0. The SMILES string of the molecule is C=C/C(C)=C\c1c(C)n(-c2ccc(-n3c4ccccc4c4cc(C)ccc43)s2)c2ccccc12. The topological polar surface area (TPSA) is 9.86 Å². The average Bonchev–Trinajstić information content (AvgIpc) is 3.52.